The second-order valence-electron chi connectivity index (χ2n) is 5.62. The van der Waals surface area contributed by atoms with E-state index in [-0.39, 0.29) is 5.91 Å². The molecule has 5 nitrogen and oxygen atoms in total. The molecule has 1 atom stereocenters. The Balaban J connectivity index is 1.80. The first-order valence-corrected chi connectivity index (χ1v) is 8.41. The minimum absolute atomic E-state index is 0.146. The van der Waals surface area contributed by atoms with Crippen molar-refractivity contribution in [3.8, 4) is 17.2 Å². The lowest BCUT2D eigenvalue weighted by atomic mass is 10.2. The molecule has 0 aliphatic heterocycles. The molecular formula is C20H25NO4. The zero-order valence-electron chi connectivity index (χ0n) is 15.0. The van der Waals surface area contributed by atoms with Crippen LogP contribution >= 0.6 is 0 Å². The van der Waals surface area contributed by atoms with E-state index in [4.69, 9.17) is 14.2 Å². The van der Waals surface area contributed by atoms with Crippen LogP contribution < -0.4 is 19.5 Å². The number of rotatable bonds is 9. The van der Waals surface area contributed by atoms with Gasteiger partial charge >= 0.3 is 0 Å². The van der Waals surface area contributed by atoms with Crippen molar-refractivity contribution in [2.75, 3.05) is 20.3 Å². The Morgan fingerprint density at radius 1 is 1.12 bits per heavy atom. The molecule has 2 aromatic rings. The SMILES string of the molecule is CCC(Oc1cccc(C)c1)C(=O)NCCOc1ccccc1OC. The van der Waals surface area contributed by atoms with E-state index in [1.807, 2.05) is 62.4 Å². The molecule has 1 amide bonds. The average molecular weight is 343 g/mol. The molecule has 0 saturated heterocycles. The van der Waals surface area contributed by atoms with Crippen LogP contribution in [0.5, 0.6) is 17.2 Å². The van der Waals surface area contributed by atoms with Crippen molar-refractivity contribution < 1.29 is 19.0 Å². The molecule has 25 heavy (non-hydrogen) atoms. The maximum absolute atomic E-state index is 12.3. The minimum Gasteiger partial charge on any atom is -0.493 e. The van der Waals surface area contributed by atoms with E-state index in [9.17, 15) is 4.79 Å². The summed E-state index contributed by atoms with van der Waals surface area (Å²) in [7, 11) is 1.60. The topological polar surface area (TPSA) is 56.8 Å². The molecule has 2 rings (SSSR count). The largest absolute Gasteiger partial charge is 0.493 e. The maximum Gasteiger partial charge on any atom is 0.261 e. The van der Waals surface area contributed by atoms with Crippen LogP contribution in [0.1, 0.15) is 18.9 Å². The first-order chi connectivity index (χ1) is 12.1. The minimum atomic E-state index is -0.520. The summed E-state index contributed by atoms with van der Waals surface area (Å²) >= 11 is 0. The first kappa shape index (κ1) is 18.6. The lowest BCUT2D eigenvalue weighted by Gasteiger charge is -2.18. The number of carbonyl (C=O) groups is 1. The van der Waals surface area contributed by atoms with Crippen molar-refractivity contribution in [2.45, 2.75) is 26.4 Å². The molecule has 0 fully saturated rings. The Morgan fingerprint density at radius 3 is 2.56 bits per heavy atom. The second-order valence-corrected chi connectivity index (χ2v) is 5.62. The van der Waals surface area contributed by atoms with Gasteiger partial charge in [0.05, 0.1) is 13.7 Å². The number of para-hydroxylation sites is 2. The number of methoxy groups -OCH3 is 1. The molecule has 0 radical (unpaired) electrons. The average Bonchev–Trinajstić information content (AvgIpc) is 2.63. The van der Waals surface area contributed by atoms with E-state index in [0.29, 0.717) is 36.8 Å². The molecular weight excluding hydrogens is 318 g/mol. The van der Waals surface area contributed by atoms with E-state index in [2.05, 4.69) is 5.32 Å². The smallest absolute Gasteiger partial charge is 0.261 e. The lowest BCUT2D eigenvalue weighted by Crippen LogP contribution is -2.39. The third-order valence-corrected chi connectivity index (χ3v) is 3.66. The Bertz CT molecular complexity index is 687. The highest BCUT2D eigenvalue weighted by atomic mass is 16.5. The summed E-state index contributed by atoms with van der Waals surface area (Å²) in [6, 6.07) is 15.1. The Labute approximate surface area is 148 Å². The number of hydrogen-bond donors (Lipinski definition) is 1. The van der Waals surface area contributed by atoms with Gasteiger partial charge in [0.15, 0.2) is 17.6 Å². The maximum atomic E-state index is 12.3. The van der Waals surface area contributed by atoms with Crippen LogP contribution in [0, 0.1) is 6.92 Å². The summed E-state index contributed by atoms with van der Waals surface area (Å²) in [5.41, 5.74) is 1.10. The molecule has 0 aliphatic rings. The molecule has 0 aromatic heterocycles. The van der Waals surface area contributed by atoms with Crippen LogP contribution in [0.4, 0.5) is 0 Å². The van der Waals surface area contributed by atoms with Gasteiger partial charge in [-0.15, -0.1) is 0 Å². The Kier molecular flexibility index (Phi) is 7.14. The summed E-state index contributed by atoms with van der Waals surface area (Å²) < 4.78 is 16.7. The van der Waals surface area contributed by atoms with Crippen molar-refractivity contribution in [1.82, 2.24) is 5.32 Å². The first-order valence-electron chi connectivity index (χ1n) is 8.41. The number of ether oxygens (including phenoxy) is 3. The lowest BCUT2D eigenvalue weighted by molar-refractivity contribution is -0.128. The number of nitrogens with one attached hydrogen (secondary N) is 1. The standard InChI is InChI=1S/C20H25NO4/c1-4-17(25-16-9-7-8-15(2)14-16)20(22)21-12-13-24-19-11-6-5-10-18(19)23-3/h5-11,14,17H,4,12-13H2,1-3H3,(H,21,22). The molecule has 134 valence electrons. The highest BCUT2D eigenvalue weighted by molar-refractivity contribution is 5.81. The predicted molar refractivity (Wildman–Crippen MR) is 97.4 cm³/mol. The number of benzene rings is 2. The van der Waals surface area contributed by atoms with E-state index in [1.165, 1.54) is 0 Å². The van der Waals surface area contributed by atoms with Gasteiger partial charge < -0.3 is 19.5 Å². The molecule has 2 aromatic carbocycles. The van der Waals surface area contributed by atoms with Gasteiger partial charge in [0.1, 0.15) is 12.4 Å². The fourth-order valence-corrected chi connectivity index (χ4v) is 2.36. The highest BCUT2D eigenvalue weighted by Gasteiger charge is 2.18. The number of hydrogen-bond acceptors (Lipinski definition) is 4. The molecule has 0 spiro atoms. The van der Waals surface area contributed by atoms with Crippen molar-refractivity contribution in [3.05, 3.63) is 54.1 Å². The summed E-state index contributed by atoms with van der Waals surface area (Å²) in [4.78, 5) is 12.3. The highest BCUT2D eigenvalue weighted by Crippen LogP contribution is 2.25. The Morgan fingerprint density at radius 2 is 1.88 bits per heavy atom. The van der Waals surface area contributed by atoms with Gasteiger partial charge in [0, 0.05) is 0 Å². The third-order valence-electron chi connectivity index (χ3n) is 3.66. The van der Waals surface area contributed by atoms with Crippen LogP contribution in [0.15, 0.2) is 48.5 Å². The van der Waals surface area contributed by atoms with E-state index < -0.39 is 6.10 Å². The van der Waals surface area contributed by atoms with Crippen LogP contribution in [-0.2, 0) is 4.79 Å². The van der Waals surface area contributed by atoms with Gasteiger partial charge in [-0.25, -0.2) is 0 Å². The summed E-state index contributed by atoms with van der Waals surface area (Å²) in [5, 5.41) is 2.85. The fraction of sp³-hybridized carbons (Fsp3) is 0.350. The Hall–Kier alpha value is -2.69. The molecule has 5 heteroatoms. The summed E-state index contributed by atoms with van der Waals surface area (Å²) in [6.07, 6.45) is 0.0701. The number of carbonyl (C=O) groups excluding carboxylic acids is 1. The quantitative estimate of drug-likeness (QED) is 0.710. The van der Waals surface area contributed by atoms with Crippen LogP contribution in [-0.4, -0.2) is 32.3 Å². The van der Waals surface area contributed by atoms with Gasteiger partial charge in [0.2, 0.25) is 0 Å². The van der Waals surface area contributed by atoms with Crippen molar-refractivity contribution >= 4 is 5.91 Å². The molecule has 1 unspecified atom stereocenters. The summed E-state index contributed by atoms with van der Waals surface area (Å²) in [5.74, 6) is 1.88. The van der Waals surface area contributed by atoms with E-state index in [1.54, 1.807) is 7.11 Å². The predicted octanol–water partition coefficient (Wildman–Crippen LogP) is 3.36. The molecule has 0 saturated carbocycles. The van der Waals surface area contributed by atoms with Gasteiger partial charge in [0.25, 0.3) is 5.91 Å². The molecule has 0 bridgehead atoms. The molecule has 0 aliphatic carbocycles. The van der Waals surface area contributed by atoms with Gasteiger partial charge in [-0.2, -0.15) is 0 Å². The van der Waals surface area contributed by atoms with Crippen LogP contribution in [0.25, 0.3) is 0 Å². The van der Waals surface area contributed by atoms with E-state index in [0.717, 1.165) is 5.56 Å². The summed E-state index contributed by atoms with van der Waals surface area (Å²) in [6.45, 7) is 4.66. The number of aryl methyl sites for hydroxylation is 1. The van der Waals surface area contributed by atoms with Crippen molar-refractivity contribution in [1.29, 1.82) is 0 Å². The molecule has 1 N–H and O–H groups in total. The van der Waals surface area contributed by atoms with Crippen molar-refractivity contribution in [3.63, 3.8) is 0 Å². The molecule has 0 heterocycles. The van der Waals surface area contributed by atoms with Crippen molar-refractivity contribution in [2.24, 2.45) is 0 Å². The third kappa shape index (κ3) is 5.71. The monoisotopic (exact) mass is 343 g/mol. The van der Waals surface area contributed by atoms with Crippen LogP contribution in [0.2, 0.25) is 0 Å². The number of amides is 1. The van der Waals surface area contributed by atoms with Crippen LogP contribution in [0.3, 0.4) is 0 Å². The zero-order chi connectivity index (χ0) is 18.1. The van der Waals surface area contributed by atoms with Gasteiger partial charge in [-0.1, -0.05) is 31.2 Å². The van der Waals surface area contributed by atoms with Gasteiger partial charge in [-0.05, 0) is 43.2 Å². The zero-order valence-corrected chi connectivity index (χ0v) is 15.0. The second kappa shape index (κ2) is 9.57. The normalized spacial score (nSPS) is 11.5. The fourth-order valence-electron chi connectivity index (χ4n) is 2.36. The van der Waals surface area contributed by atoms with E-state index >= 15 is 0 Å². The van der Waals surface area contributed by atoms with Gasteiger partial charge in [-0.3, -0.25) is 4.79 Å².